The molecule has 5 heteroatoms. The summed E-state index contributed by atoms with van der Waals surface area (Å²) in [7, 11) is 0. The van der Waals surface area contributed by atoms with Crippen molar-refractivity contribution in [2.75, 3.05) is 11.4 Å². The van der Waals surface area contributed by atoms with Crippen molar-refractivity contribution in [3.05, 3.63) is 11.9 Å². The zero-order chi connectivity index (χ0) is 13.4. The second-order valence-corrected chi connectivity index (χ2v) is 5.75. The minimum Gasteiger partial charge on any atom is -0.376 e. The van der Waals surface area contributed by atoms with Crippen LogP contribution in [0.2, 0.25) is 0 Å². The summed E-state index contributed by atoms with van der Waals surface area (Å²) in [5.41, 5.74) is 2.07. The van der Waals surface area contributed by atoms with Crippen molar-refractivity contribution >= 4 is 11.6 Å². The van der Waals surface area contributed by atoms with Crippen molar-refractivity contribution < 1.29 is 9.53 Å². The number of aryl methyl sites for hydroxylation is 1. The summed E-state index contributed by atoms with van der Waals surface area (Å²) >= 11 is 0. The van der Waals surface area contributed by atoms with Crippen LogP contribution in [-0.2, 0) is 16.0 Å². The fourth-order valence-electron chi connectivity index (χ4n) is 3.31. The van der Waals surface area contributed by atoms with Crippen LogP contribution in [0.15, 0.2) is 6.20 Å². The normalized spacial score (nSPS) is 31.1. The van der Waals surface area contributed by atoms with Gasteiger partial charge in [0, 0.05) is 12.5 Å². The molecule has 1 saturated heterocycles. The zero-order valence-electron chi connectivity index (χ0n) is 11.6. The van der Waals surface area contributed by atoms with Crippen LogP contribution >= 0.6 is 0 Å². The number of hydrogen-bond acceptors (Lipinski definition) is 3. The molecule has 0 bridgehead atoms. The Morgan fingerprint density at radius 3 is 2.89 bits per heavy atom. The molecule has 3 heterocycles. The van der Waals surface area contributed by atoms with Gasteiger partial charge >= 0.3 is 0 Å². The Hall–Kier alpha value is -1.36. The van der Waals surface area contributed by atoms with E-state index in [-0.39, 0.29) is 24.0 Å². The molecule has 19 heavy (non-hydrogen) atoms. The number of fused-ring (bicyclic) bond motifs is 1. The van der Waals surface area contributed by atoms with E-state index in [4.69, 9.17) is 4.74 Å². The van der Waals surface area contributed by atoms with Crippen LogP contribution in [0.25, 0.3) is 0 Å². The Labute approximate surface area is 113 Å². The van der Waals surface area contributed by atoms with Crippen molar-refractivity contribution in [1.29, 1.82) is 0 Å². The first kappa shape index (κ1) is 12.7. The number of carbonyl (C=O) groups is 1. The minimum absolute atomic E-state index is 0.0830. The molecular weight excluding hydrogens is 242 g/mol. The monoisotopic (exact) mass is 263 g/mol. The number of amides is 1. The van der Waals surface area contributed by atoms with E-state index in [9.17, 15) is 4.79 Å². The van der Waals surface area contributed by atoms with Gasteiger partial charge in [-0.25, -0.2) is 0 Å². The van der Waals surface area contributed by atoms with E-state index in [0.717, 1.165) is 43.6 Å². The van der Waals surface area contributed by atoms with Gasteiger partial charge in [0.05, 0.1) is 29.8 Å². The number of carbonyl (C=O) groups excluding carboxylic acids is 1. The number of hydrogen-bond donors (Lipinski definition) is 1. The standard InChI is InChI=1S/C14H21N3O2/c1-9-6-11(7-10(2)19-9)14(18)17-5-3-4-12-13(17)8-15-16-12/h8-11H,3-7H2,1-2H3,(H,15,16)/t9-,10-/m1/s1. The van der Waals surface area contributed by atoms with Crippen LogP contribution in [0, 0.1) is 5.92 Å². The third-order valence-electron chi connectivity index (χ3n) is 4.11. The highest BCUT2D eigenvalue weighted by atomic mass is 16.5. The predicted octanol–water partition coefficient (Wildman–Crippen LogP) is 1.89. The molecule has 0 aliphatic carbocycles. The predicted molar refractivity (Wildman–Crippen MR) is 72.0 cm³/mol. The van der Waals surface area contributed by atoms with Crippen molar-refractivity contribution in [1.82, 2.24) is 10.2 Å². The van der Waals surface area contributed by atoms with Gasteiger partial charge in [-0.2, -0.15) is 5.10 Å². The Balaban J connectivity index is 1.78. The average molecular weight is 263 g/mol. The summed E-state index contributed by atoms with van der Waals surface area (Å²) in [6, 6.07) is 0. The SMILES string of the molecule is C[C@@H]1CC(C(=O)N2CCCc3[nH]ncc32)C[C@@H](C)O1. The second-order valence-electron chi connectivity index (χ2n) is 5.75. The molecule has 0 spiro atoms. The number of ether oxygens (including phenoxy) is 1. The Morgan fingerprint density at radius 2 is 2.16 bits per heavy atom. The summed E-state index contributed by atoms with van der Waals surface area (Å²) < 4.78 is 5.72. The molecule has 1 amide bonds. The van der Waals surface area contributed by atoms with Gasteiger partial charge < -0.3 is 9.64 Å². The highest BCUT2D eigenvalue weighted by molar-refractivity contribution is 5.95. The molecule has 1 N–H and O–H groups in total. The molecule has 1 aromatic heterocycles. The maximum atomic E-state index is 12.7. The van der Waals surface area contributed by atoms with Crippen molar-refractivity contribution in [3.8, 4) is 0 Å². The quantitative estimate of drug-likeness (QED) is 0.841. The number of rotatable bonds is 1. The van der Waals surface area contributed by atoms with E-state index in [2.05, 4.69) is 24.0 Å². The largest absolute Gasteiger partial charge is 0.376 e. The van der Waals surface area contributed by atoms with Gasteiger partial charge in [-0.15, -0.1) is 0 Å². The lowest BCUT2D eigenvalue weighted by Crippen LogP contribution is -2.43. The molecule has 2 atom stereocenters. The summed E-state index contributed by atoms with van der Waals surface area (Å²) in [6.07, 6.45) is 5.77. The van der Waals surface area contributed by atoms with E-state index in [1.165, 1.54) is 0 Å². The maximum absolute atomic E-state index is 12.7. The van der Waals surface area contributed by atoms with Crippen molar-refractivity contribution in [2.45, 2.75) is 51.7 Å². The van der Waals surface area contributed by atoms with Crippen LogP contribution in [0.3, 0.4) is 0 Å². The number of nitrogens with zero attached hydrogens (tertiary/aromatic N) is 2. The summed E-state index contributed by atoms with van der Waals surface area (Å²) in [4.78, 5) is 14.6. The number of aromatic nitrogens is 2. The molecule has 0 saturated carbocycles. The Bertz CT molecular complexity index is 461. The first-order valence-electron chi connectivity index (χ1n) is 7.14. The van der Waals surface area contributed by atoms with Crippen LogP contribution < -0.4 is 4.90 Å². The molecule has 1 aromatic rings. The number of aromatic amines is 1. The lowest BCUT2D eigenvalue weighted by atomic mass is 9.90. The van der Waals surface area contributed by atoms with Gasteiger partial charge in [-0.3, -0.25) is 9.89 Å². The maximum Gasteiger partial charge on any atom is 0.230 e. The smallest absolute Gasteiger partial charge is 0.230 e. The third kappa shape index (κ3) is 2.39. The van der Waals surface area contributed by atoms with Gasteiger partial charge in [0.25, 0.3) is 0 Å². The summed E-state index contributed by atoms with van der Waals surface area (Å²) in [5, 5.41) is 7.06. The van der Waals surface area contributed by atoms with Crippen LogP contribution in [-0.4, -0.2) is 34.9 Å². The third-order valence-corrected chi connectivity index (χ3v) is 4.11. The van der Waals surface area contributed by atoms with E-state index < -0.39 is 0 Å². The molecule has 3 rings (SSSR count). The average Bonchev–Trinajstić information content (AvgIpc) is 2.84. The zero-order valence-corrected chi connectivity index (χ0v) is 11.6. The molecule has 0 radical (unpaired) electrons. The van der Waals surface area contributed by atoms with E-state index >= 15 is 0 Å². The highest BCUT2D eigenvalue weighted by Crippen LogP contribution is 2.31. The minimum atomic E-state index is 0.0830. The Kier molecular flexibility index (Phi) is 3.31. The van der Waals surface area contributed by atoms with E-state index in [0.29, 0.717) is 0 Å². The van der Waals surface area contributed by atoms with Gasteiger partial charge in [-0.1, -0.05) is 0 Å². The van der Waals surface area contributed by atoms with E-state index in [1.807, 2.05) is 4.90 Å². The molecule has 2 aliphatic heterocycles. The van der Waals surface area contributed by atoms with E-state index in [1.54, 1.807) is 6.20 Å². The lowest BCUT2D eigenvalue weighted by Gasteiger charge is -2.35. The summed E-state index contributed by atoms with van der Waals surface area (Å²) in [5.74, 6) is 0.323. The fourth-order valence-corrected chi connectivity index (χ4v) is 3.31. The van der Waals surface area contributed by atoms with Crippen LogP contribution in [0.4, 0.5) is 5.69 Å². The molecule has 5 nitrogen and oxygen atoms in total. The van der Waals surface area contributed by atoms with Crippen LogP contribution in [0.1, 0.15) is 38.8 Å². The van der Waals surface area contributed by atoms with Gasteiger partial charge in [0.1, 0.15) is 0 Å². The van der Waals surface area contributed by atoms with Crippen molar-refractivity contribution in [2.24, 2.45) is 5.92 Å². The molecule has 104 valence electrons. The number of nitrogens with one attached hydrogen (secondary N) is 1. The molecule has 1 fully saturated rings. The first-order valence-corrected chi connectivity index (χ1v) is 7.14. The van der Waals surface area contributed by atoms with Crippen LogP contribution in [0.5, 0.6) is 0 Å². The topological polar surface area (TPSA) is 58.2 Å². The van der Waals surface area contributed by atoms with Gasteiger partial charge in [-0.05, 0) is 39.5 Å². The highest BCUT2D eigenvalue weighted by Gasteiger charge is 2.34. The number of anilines is 1. The molecule has 0 aromatic carbocycles. The molecule has 0 unspecified atom stereocenters. The summed E-state index contributed by atoms with van der Waals surface area (Å²) in [6.45, 7) is 4.91. The first-order chi connectivity index (χ1) is 9.15. The lowest BCUT2D eigenvalue weighted by molar-refractivity contribution is -0.130. The van der Waals surface area contributed by atoms with Gasteiger partial charge in [0.15, 0.2) is 0 Å². The molecular formula is C14H21N3O2. The van der Waals surface area contributed by atoms with Gasteiger partial charge in [0.2, 0.25) is 5.91 Å². The van der Waals surface area contributed by atoms with Crippen molar-refractivity contribution in [3.63, 3.8) is 0 Å². The fraction of sp³-hybridized carbons (Fsp3) is 0.714. The number of H-pyrrole nitrogens is 1. The molecule has 2 aliphatic rings. The second kappa shape index (κ2) is 4.96. The Morgan fingerprint density at radius 1 is 1.42 bits per heavy atom.